The minimum Gasteiger partial charge on any atom is -0.361 e. The van der Waals surface area contributed by atoms with Crippen LogP contribution in [0.15, 0.2) is 24.3 Å². The van der Waals surface area contributed by atoms with Crippen molar-refractivity contribution in [2.24, 2.45) is 0 Å². The molecule has 17 heavy (non-hydrogen) atoms. The molecule has 1 aromatic heterocycles. The van der Waals surface area contributed by atoms with Crippen molar-refractivity contribution >= 4 is 28.6 Å². The fourth-order valence-corrected chi connectivity index (χ4v) is 3.18. The third-order valence-corrected chi connectivity index (χ3v) is 4.10. The molecule has 0 bridgehead atoms. The number of fused-ring (bicyclic) bond motifs is 1. The van der Waals surface area contributed by atoms with E-state index in [-0.39, 0.29) is 0 Å². The van der Waals surface area contributed by atoms with Gasteiger partial charge < -0.3 is 4.90 Å². The molecule has 1 aromatic carbocycles. The molecule has 0 fully saturated rings. The number of aromatic nitrogens is 2. The molecule has 0 N–H and O–H groups in total. The molecular weight excluding hydrogens is 254 g/mol. The van der Waals surface area contributed by atoms with E-state index in [4.69, 9.17) is 11.6 Å². The van der Waals surface area contributed by atoms with Crippen LogP contribution in [0.4, 0.5) is 5.69 Å². The van der Waals surface area contributed by atoms with Gasteiger partial charge in [-0.2, -0.15) is 0 Å². The Labute approximate surface area is 109 Å². The van der Waals surface area contributed by atoms with Crippen LogP contribution >= 0.6 is 22.9 Å². The van der Waals surface area contributed by atoms with Gasteiger partial charge in [-0.05, 0) is 36.6 Å². The first-order chi connectivity index (χ1) is 8.24. The van der Waals surface area contributed by atoms with Gasteiger partial charge in [0, 0.05) is 11.7 Å². The minimum absolute atomic E-state index is 0.509. The summed E-state index contributed by atoms with van der Waals surface area (Å²) in [5.74, 6) is 0. The zero-order chi connectivity index (χ0) is 11.8. The molecule has 1 unspecified atom stereocenters. The zero-order valence-electron chi connectivity index (χ0n) is 9.43. The Morgan fingerprint density at radius 3 is 3.00 bits per heavy atom. The summed E-state index contributed by atoms with van der Waals surface area (Å²) >= 11 is 7.26. The summed E-state index contributed by atoms with van der Waals surface area (Å²) in [5.41, 5.74) is 2.72. The van der Waals surface area contributed by atoms with Gasteiger partial charge in [0.05, 0.1) is 6.54 Å². The van der Waals surface area contributed by atoms with Crippen molar-refractivity contribution in [1.29, 1.82) is 0 Å². The molecule has 0 saturated heterocycles. The molecule has 2 heterocycles. The van der Waals surface area contributed by atoms with Gasteiger partial charge in [-0.1, -0.05) is 29.5 Å². The Balaban J connectivity index is 1.88. The lowest BCUT2D eigenvalue weighted by Crippen LogP contribution is -2.28. The summed E-state index contributed by atoms with van der Waals surface area (Å²) in [6.07, 6.45) is 1.10. The van der Waals surface area contributed by atoms with Crippen LogP contribution < -0.4 is 4.90 Å². The largest absolute Gasteiger partial charge is 0.361 e. The molecule has 1 aliphatic rings. The second-order valence-electron chi connectivity index (χ2n) is 4.26. The van der Waals surface area contributed by atoms with Crippen LogP contribution in [-0.2, 0) is 13.0 Å². The number of hydrogen-bond acceptors (Lipinski definition) is 4. The van der Waals surface area contributed by atoms with Crippen molar-refractivity contribution in [3.8, 4) is 0 Å². The maximum absolute atomic E-state index is 5.81. The van der Waals surface area contributed by atoms with Crippen molar-refractivity contribution in [2.45, 2.75) is 25.9 Å². The first-order valence-corrected chi connectivity index (χ1v) is 6.76. The monoisotopic (exact) mass is 265 g/mol. The average Bonchev–Trinajstić information content (AvgIpc) is 2.85. The summed E-state index contributed by atoms with van der Waals surface area (Å²) in [6, 6.07) is 9.05. The summed E-state index contributed by atoms with van der Waals surface area (Å²) in [5, 5.41) is 8.90. The number of rotatable bonds is 2. The van der Waals surface area contributed by atoms with Crippen molar-refractivity contribution in [2.75, 3.05) is 4.90 Å². The topological polar surface area (TPSA) is 29.0 Å². The van der Waals surface area contributed by atoms with Crippen molar-refractivity contribution < 1.29 is 0 Å². The quantitative estimate of drug-likeness (QED) is 0.835. The summed E-state index contributed by atoms with van der Waals surface area (Å²) in [4.78, 5) is 2.37. The molecule has 0 aliphatic carbocycles. The van der Waals surface area contributed by atoms with Crippen molar-refractivity contribution in [3.05, 3.63) is 39.3 Å². The molecule has 88 valence electrons. The van der Waals surface area contributed by atoms with E-state index < -0.39 is 0 Å². The molecule has 0 amide bonds. The molecule has 2 aromatic rings. The second kappa shape index (κ2) is 4.27. The van der Waals surface area contributed by atoms with Gasteiger partial charge in [0.25, 0.3) is 0 Å². The molecule has 0 spiro atoms. The van der Waals surface area contributed by atoms with Gasteiger partial charge in [-0.25, -0.2) is 0 Å². The fourth-order valence-electron chi connectivity index (χ4n) is 2.31. The van der Waals surface area contributed by atoms with Gasteiger partial charge in [0.2, 0.25) is 4.47 Å². The number of halogens is 1. The van der Waals surface area contributed by atoms with Gasteiger partial charge in [0.1, 0.15) is 5.01 Å². The highest BCUT2D eigenvalue weighted by Gasteiger charge is 2.26. The van der Waals surface area contributed by atoms with Crippen molar-refractivity contribution in [1.82, 2.24) is 10.2 Å². The Kier molecular flexibility index (Phi) is 2.76. The van der Waals surface area contributed by atoms with E-state index in [1.165, 1.54) is 22.6 Å². The average molecular weight is 266 g/mol. The highest BCUT2D eigenvalue weighted by atomic mass is 35.5. The van der Waals surface area contributed by atoms with E-state index >= 15 is 0 Å². The third kappa shape index (κ3) is 2.03. The highest BCUT2D eigenvalue weighted by Crippen LogP contribution is 2.33. The molecule has 1 aliphatic heterocycles. The maximum atomic E-state index is 5.81. The molecule has 3 rings (SSSR count). The summed E-state index contributed by atoms with van der Waals surface area (Å²) < 4.78 is 0.514. The van der Waals surface area contributed by atoms with Crippen LogP contribution in [0.25, 0.3) is 0 Å². The lowest BCUT2D eigenvalue weighted by Gasteiger charge is -2.23. The lowest BCUT2D eigenvalue weighted by molar-refractivity contribution is 0.667. The van der Waals surface area contributed by atoms with Crippen LogP contribution in [0, 0.1) is 0 Å². The summed E-state index contributed by atoms with van der Waals surface area (Å²) in [6.45, 7) is 3.03. The van der Waals surface area contributed by atoms with E-state index in [1.807, 2.05) is 0 Å². The summed E-state index contributed by atoms with van der Waals surface area (Å²) in [7, 11) is 0. The first-order valence-electron chi connectivity index (χ1n) is 5.56. The lowest BCUT2D eigenvalue weighted by atomic mass is 10.1. The van der Waals surface area contributed by atoms with E-state index in [1.54, 1.807) is 0 Å². The molecule has 0 radical (unpaired) electrons. The van der Waals surface area contributed by atoms with Gasteiger partial charge in [0.15, 0.2) is 0 Å². The van der Waals surface area contributed by atoms with Crippen molar-refractivity contribution in [3.63, 3.8) is 0 Å². The Morgan fingerprint density at radius 1 is 1.41 bits per heavy atom. The zero-order valence-corrected chi connectivity index (χ0v) is 11.0. The molecule has 1 atom stereocenters. The number of benzene rings is 1. The molecule has 0 saturated carbocycles. The van der Waals surface area contributed by atoms with E-state index in [0.717, 1.165) is 18.0 Å². The SMILES string of the molecule is CC1Cc2ccccc2N1Cc1nnc(Cl)s1. The van der Waals surface area contributed by atoms with E-state index in [9.17, 15) is 0 Å². The molecule has 5 heteroatoms. The normalized spacial score (nSPS) is 18.5. The molecular formula is C12H12ClN3S. The van der Waals surface area contributed by atoms with E-state index in [0.29, 0.717) is 10.5 Å². The highest BCUT2D eigenvalue weighted by molar-refractivity contribution is 7.15. The third-order valence-electron chi connectivity index (χ3n) is 3.10. The van der Waals surface area contributed by atoms with Gasteiger partial charge in [-0.15, -0.1) is 10.2 Å². The van der Waals surface area contributed by atoms with Crippen LogP contribution in [0.2, 0.25) is 4.47 Å². The second-order valence-corrected chi connectivity index (χ2v) is 5.90. The van der Waals surface area contributed by atoms with Crippen LogP contribution in [-0.4, -0.2) is 16.2 Å². The standard InChI is InChI=1S/C12H12ClN3S/c1-8-6-9-4-2-3-5-10(9)16(8)7-11-14-15-12(13)17-11/h2-5,8H,6-7H2,1H3. The minimum atomic E-state index is 0.509. The van der Waals surface area contributed by atoms with E-state index in [2.05, 4.69) is 46.3 Å². The Bertz CT molecular complexity index is 540. The number of nitrogens with zero attached hydrogens (tertiary/aromatic N) is 3. The number of anilines is 1. The Hall–Kier alpha value is -1.13. The fraction of sp³-hybridized carbons (Fsp3) is 0.333. The van der Waals surface area contributed by atoms with Crippen LogP contribution in [0.1, 0.15) is 17.5 Å². The number of para-hydroxylation sites is 1. The van der Waals surface area contributed by atoms with Gasteiger partial charge in [-0.3, -0.25) is 0 Å². The predicted octanol–water partition coefficient (Wildman–Crippen LogP) is 3.14. The smallest absolute Gasteiger partial charge is 0.207 e. The van der Waals surface area contributed by atoms with Crippen LogP contribution in [0.3, 0.4) is 0 Å². The maximum Gasteiger partial charge on any atom is 0.207 e. The first kappa shape index (κ1) is 11.0. The molecule has 3 nitrogen and oxygen atoms in total. The number of hydrogen-bond donors (Lipinski definition) is 0. The van der Waals surface area contributed by atoms with Crippen LogP contribution in [0.5, 0.6) is 0 Å². The Morgan fingerprint density at radius 2 is 2.24 bits per heavy atom. The van der Waals surface area contributed by atoms with Gasteiger partial charge >= 0.3 is 0 Å². The predicted molar refractivity (Wildman–Crippen MR) is 70.7 cm³/mol.